The molecule has 6 nitrogen and oxygen atoms in total. The Kier molecular flexibility index (Phi) is 11.4. The number of carbonyl (C=O) groups is 1. The fourth-order valence-corrected chi connectivity index (χ4v) is 16.8. The second kappa shape index (κ2) is 15.6. The monoisotopic (exact) mass is 817 g/mol. The average Bonchev–Trinajstić information content (AvgIpc) is 3.58. The Labute approximate surface area is 350 Å². The molecule has 0 radical (unpaired) electrons. The second-order valence-electron chi connectivity index (χ2n) is 21.6. The number of halogens is 1. The highest BCUT2D eigenvalue weighted by Gasteiger charge is 2.70. The molecule has 58 heavy (non-hydrogen) atoms. The molecule has 320 valence electrons. The van der Waals surface area contributed by atoms with Crippen molar-refractivity contribution in [2.45, 2.75) is 124 Å². The van der Waals surface area contributed by atoms with Crippen LogP contribution in [0.1, 0.15) is 118 Å². The van der Waals surface area contributed by atoms with Gasteiger partial charge in [-0.2, -0.15) is 0 Å². The van der Waals surface area contributed by atoms with Gasteiger partial charge in [-0.15, -0.1) is 0 Å². The summed E-state index contributed by atoms with van der Waals surface area (Å²) in [5.74, 6) is 2.39. The summed E-state index contributed by atoms with van der Waals surface area (Å²) >= 11 is 0. The summed E-state index contributed by atoms with van der Waals surface area (Å²) in [5, 5.41) is 4.22. The van der Waals surface area contributed by atoms with Crippen LogP contribution in [0.3, 0.4) is 0 Å². The van der Waals surface area contributed by atoms with E-state index in [1.807, 2.05) is 30.3 Å². The van der Waals surface area contributed by atoms with E-state index in [1.165, 1.54) is 68.1 Å². The van der Waals surface area contributed by atoms with Gasteiger partial charge in [0.25, 0.3) is 0 Å². The highest BCUT2D eigenvalue weighted by molar-refractivity contribution is 7.91. The van der Waals surface area contributed by atoms with Crippen LogP contribution < -0.4 is 5.32 Å². The molecule has 1 aromatic carbocycles. The lowest BCUT2D eigenvalue weighted by Crippen LogP contribution is -2.68. The molecule has 8 rings (SSSR count). The van der Waals surface area contributed by atoms with Gasteiger partial charge in [-0.1, -0.05) is 89.3 Å². The van der Waals surface area contributed by atoms with E-state index >= 15 is 0 Å². The first-order valence-electron chi connectivity index (χ1n) is 23.0. The third-order valence-corrected chi connectivity index (χ3v) is 20.3. The molecule has 7 aliphatic rings. The van der Waals surface area contributed by atoms with Crippen molar-refractivity contribution in [3.8, 4) is 0 Å². The SMILES string of the molecule is C=C(C)[C@@H]1CC[C@]2(NCCN3CCS(=O)(=O)CC3)CC[C@]3(C)[C@H](CC[C@@H]4[C@@]5(C)CC=C(C6=CC(CF)[C@H](C(=O)OCc7ccccc7)CC6)C(C)(C)[C@@H]5CC[C@]43C)[C@@H]12. The number of nitrogens with zero attached hydrogens (tertiary/aromatic N) is 1. The lowest BCUT2D eigenvalue weighted by atomic mass is 9.33. The van der Waals surface area contributed by atoms with Crippen LogP contribution >= 0.6 is 0 Å². The quantitative estimate of drug-likeness (QED) is 0.187. The Morgan fingerprint density at radius 1 is 0.914 bits per heavy atom. The molecule has 1 saturated heterocycles. The molecular formula is C50H73FN2O4S. The van der Waals surface area contributed by atoms with E-state index < -0.39 is 28.3 Å². The van der Waals surface area contributed by atoms with Crippen LogP contribution in [0.25, 0.3) is 0 Å². The topological polar surface area (TPSA) is 75.7 Å². The van der Waals surface area contributed by atoms with E-state index in [9.17, 15) is 17.6 Å². The highest BCUT2D eigenvalue weighted by atomic mass is 32.2. The van der Waals surface area contributed by atoms with E-state index in [1.54, 1.807) is 0 Å². The normalized spacial score (nSPS) is 41.8. The summed E-state index contributed by atoms with van der Waals surface area (Å²) in [6, 6.07) is 9.74. The maximum absolute atomic E-state index is 14.7. The van der Waals surface area contributed by atoms with E-state index in [2.05, 4.69) is 70.5 Å². The summed E-state index contributed by atoms with van der Waals surface area (Å²) in [6.45, 7) is 22.7. The van der Waals surface area contributed by atoms with Gasteiger partial charge in [0.05, 0.1) is 24.1 Å². The van der Waals surface area contributed by atoms with E-state index in [0.29, 0.717) is 60.6 Å². The molecule has 8 heteroatoms. The zero-order valence-corrected chi connectivity index (χ0v) is 37.4. The first-order valence-corrected chi connectivity index (χ1v) is 24.8. The molecule has 6 aliphatic carbocycles. The van der Waals surface area contributed by atoms with Gasteiger partial charge in [0.2, 0.25) is 0 Å². The average molecular weight is 817 g/mol. The molecule has 1 aliphatic heterocycles. The minimum absolute atomic E-state index is 0.0416. The van der Waals surface area contributed by atoms with Crippen LogP contribution in [0.5, 0.6) is 0 Å². The van der Waals surface area contributed by atoms with Crippen molar-refractivity contribution in [3.63, 3.8) is 0 Å². The summed E-state index contributed by atoms with van der Waals surface area (Å²) in [4.78, 5) is 15.6. The molecule has 1 heterocycles. The number of nitrogens with one attached hydrogen (secondary N) is 1. The van der Waals surface area contributed by atoms with Gasteiger partial charge in [0, 0.05) is 37.6 Å². The number of hydrogen-bond donors (Lipinski definition) is 1. The van der Waals surface area contributed by atoms with Crippen molar-refractivity contribution in [1.82, 2.24) is 10.2 Å². The Bertz CT molecular complexity index is 1900. The lowest BCUT2D eigenvalue weighted by Gasteiger charge is -2.72. The van der Waals surface area contributed by atoms with Crippen LogP contribution in [0, 0.1) is 63.1 Å². The molecular weight excluding hydrogens is 744 g/mol. The lowest BCUT2D eigenvalue weighted by molar-refractivity contribution is -0.221. The summed E-state index contributed by atoms with van der Waals surface area (Å²) in [6.07, 6.45) is 17.1. The molecule has 1 N–H and O–H groups in total. The number of benzene rings is 1. The molecule has 4 saturated carbocycles. The van der Waals surface area contributed by atoms with Crippen molar-refractivity contribution >= 4 is 15.8 Å². The van der Waals surface area contributed by atoms with Gasteiger partial charge in [-0.25, -0.2) is 8.42 Å². The van der Waals surface area contributed by atoms with E-state index in [4.69, 9.17) is 4.74 Å². The number of esters is 1. The molecule has 0 bridgehead atoms. The van der Waals surface area contributed by atoms with Crippen LogP contribution in [0.15, 0.2) is 65.8 Å². The van der Waals surface area contributed by atoms with Gasteiger partial charge in [0.15, 0.2) is 9.84 Å². The number of ether oxygens (including phenoxy) is 1. The van der Waals surface area contributed by atoms with Gasteiger partial charge in [0.1, 0.15) is 6.61 Å². The van der Waals surface area contributed by atoms with Gasteiger partial charge in [-0.3, -0.25) is 9.18 Å². The number of alkyl halides is 1. The Hall–Kier alpha value is -2.29. The first kappa shape index (κ1) is 42.4. The number of allylic oxidation sites excluding steroid dienone is 5. The summed E-state index contributed by atoms with van der Waals surface area (Å²) in [7, 11) is -2.88. The number of fused-ring (bicyclic) bond motifs is 7. The van der Waals surface area contributed by atoms with Crippen molar-refractivity contribution in [1.29, 1.82) is 0 Å². The zero-order chi connectivity index (χ0) is 41.3. The predicted molar refractivity (Wildman–Crippen MR) is 232 cm³/mol. The Morgan fingerprint density at radius 2 is 1.66 bits per heavy atom. The largest absolute Gasteiger partial charge is 0.461 e. The predicted octanol–water partition coefficient (Wildman–Crippen LogP) is 9.92. The van der Waals surface area contributed by atoms with Crippen LogP contribution in [-0.4, -0.2) is 69.2 Å². The number of hydrogen-bond acceptors (Lipinski definition) is 6. The number of carbonyl (C=O) groups excluding carboxylic acids is 1. The maximum atomic E-state index is 14.7. The molecule has 11 atom stereocenters. The van der Waals surface area contributed by atoms with Gasteiger partial charge < -0.3 is 15.0 Å². The van der Waals surface area contributed by atoms with Crippen LogP contribution in [0.4, 0.5) is 4.39 Å². The Morgan fingerprint density at radius 3 is 2.36 bits per heavy atom. The van der Waals surface area contributed by atoms with Crippen molar-refractivity contribution < 1.29 is 22.3 Å². The number of sulfone groups is 1. The van der Waals surface area contributed by atoms with Crippen molar-refractivity contribution in [3.05, 3.63) is 71.3 Å². The van der Waals surface area contributed by atoms with Gasteiger partial charge in [-0.05, 0) is 146 Å². The maximum Gasteiger partial charge on any atom is 0.309 e. The van der Waals surface area contributed by atoms with Crippen molar-refractivity contribution in [2.24, 2.45) is 63.1 Å². The zero-order valence-electron chi connectivity index (χ0n) is 36.6. The Balaban J connectivity index is 1.00. The second-order valence-corrected chi connectivity index (χ2v) is 23.9. The summed E-state index contributed by atoms with van der Waals surface area (Å²) < 4.78 is 44.6. The highest BCUT2D eigenvalue weighted by Crippen LogP contribution is 2.76. The molecule has 0 spiro atoms. The van der Waals surface area contributed by atoms with Gasteiger partial charge >= 0.3 is 5.97 Å². The third-order valence-electron chi connectivity index (χ3n) is 18.7. The number of rotatable bonds is 10. The third kappa shape index (κ3) is 7.03. The molecule has 1 unspecified atom stereocenters. The molecule has 1 aromatic rings. The standard InChI is InChI=1S/C50H73FN2O4S/c1-34(2)38-17-22-50(52-25-26-53-27-29-58(55,56)30-28-53)24-23-48(6)41(44(38)50)15-16-43-47(5)20-18-40(46(3,4)42(47)19-21-49(43,48)7)36-13-14-39(37(31-36)32-51)45(54)57-33-35-11-9-8-10-12-35/h8-12,18,31,37-39,41-44,52H,1,13-17,19-30,32-33H2,2-7H3/t37?,38-,39+,41+,42-,43+,44+,47-,48+,49+,50-/m0/s1. The first-order chi connectivity index (χ1) is 27.5. The smallest absolute Gasteiger partial charge is 0.309 e. The minimum Gasteiger partial charge on any atom is -0.461 e. The molecule has 5 fully saturated rings. The molecule has 0 aromatic heterocycles. The fourth-order valence-electron chi connectivity index (χ4n) is 15.5. The van der Waals surface area contributed by atoms with Crippen LogP contribution in [0.2, 0.25) is 0 Å². The van der Waals surface area contributed by atoms with Crippen LogP contribution in [-0.2, 0) is 26.0 Å². The van der Waals surface area contributed by atoms with E-state index in [0.717, 1.165) is 31.5 Å². The van der Waals surface area contributed by atoms with E-state index in [-0.39, 0.29) is 39.8 Å². The molecule has 0 amide bonds. The summed E-state index contributed by atoms with van der Waals surface area (Å²) in [5.41, 5.74) is 5.75. The minimum atomic E-state index is -2.88. The van der Waals surface area contributed by atoms with Crippen molar-refractivity contribution in [2.75, 3.05) is 44.4 Å². The fraction of sp³-hybridized carbons (Fsp3) is 0.740.